The molecule has 0 amide bonds. The third-order valence-electron chi connectivity index (χ3n) is 4.32. The molecule has 0 aromatic carbocycles. The van der Waals surface area contributed by atoms with E-state index in [1.807, 2.05) is 7.05 Å². The summed E-state index contributed by atoms with van der Waals surface area (Å²) in [6.45, 7) is 9.92. The average Bonchev–Trinajstić information content (AvgIpc) is 2.99. The van der Waals surface area contributed by atoms with Gasteiger partial charge in [0.15, 0.2) is 0 Å². The van der Waals surface area contributed by atoms with E-state index in [1.54, 1.807) is 0 Å². The molecule has 1 aliphatic carbocycles. The van der Waals surface area contributed by atoms with Crippen LogP contribution in [0.2, 0.25) is 0 Å². The molecule has 1 saturated carbocycles. The van der Waals surface area contributed by atoms with Gasteiger partial charge in [-0.3, -0.25) is 0 Å². The van der Waals surface area contributed by atoms with E-state index < -0.39 is 0 Å². The molecule has 0 radical (unpaired) electrons. The van der Waals surface area contributed by atoms with Crippen molar-refractivity contribution in [2.24, 2.45) is 5.92 Å². The molecule has 0 spiro atoms. The molecule has 1 aromatic heterocycles. The minimum Gasteiger partial charge on any atom is -0.373 e. The molecule has 21 heavy (non-hydrogen) atoms. The Morgan fingerprint density at radius 2 is 1.90 bits per heavy atom. The summed E-state index contributed by atoms with van der Waals surface area (Å²) in [5.41, 5.74) is 1.18. The van der Waals surface area contributed by atoms with Crippen LogP contribution in [0.4, 0.5) is 11.6 Å². The van der Waals surface area contributed by atoms with Crippen molar-refractivity contribution in [2.45, 2.75) is 65.8 Å². The number of hydrogen-bond acceptors (Lipinski definition) is 4. The van der Waals surface area contributed by atoms with Crippen LogP contribution in [0.5, 0.6) is 0 Å². The molecule has 2 rings (SSSR count). The molecule has 0 saturated heterocycles. The van der Waals surface area contributed by atoms with Gasteiger partial charge in [0.1, 0.15) is 17.5 Å². The third-order valence-corrected chi connectivity index (χ3v) is 4.32. The van der Waals surface area contributed by atoms with E-state index in [-0.39, 0.29) is 0 Å². The molecule has 0 aliphatic heterocycles. The van der Waals surface area contributed by atoms with Gasteiger partial charge in [-0.1, -0.05) is 33.6 Å². The van der Waals surface area contributed by atoms with Crippen molar-refractivity contribution < 1.29 is 0 Å². The quantitative estimate of drug-likeness (QED) is 0.865. The van der Waals surface area contributed by atoms with Crippen molar-refractivity contribution in [1.82, 2.24) is 9.97 Å². The van der Waals surface area contributed by atoms with Gasteiger partial charge in [0, 0.05) is 31.6 Å². The highest BCUT2D eigenvalue weighted by atomic mass is 15.2. The zero-order chi connectivity index (χ0) is 15.4. The molecular weight excluding hydrogens is 260 g/mol. The van der Waals surface area contributed by atoms with Crippen LogP contribution >= 0.6 is 0 Å². The summed E-state index contributed by atoms with van der Waals surface area (Å²) in [4.78, 5) is 12.0. The normalized spacial score (nSPS) is 15.7. The molecule has 0 atom stereocenters. The lowest BCUT2D eigenvalue weighted by atomic mass is 10.1. The van der Waals surface area contributed by atoms with Crippen molar-refractivity contribution in [3.05, 3.63) is 11.4 Å². The predicted octanol–water partition coefficient (Wildman–Crippen LogP) is 3.79. The molecule has 1 heterocycles. The lowest BCUT2D eigenvalue weighted by Gasteiger charge is -2.33. The summed E-state index contributed by atoms with van der Waals surface area (Å²) in [5.74, 6) is 3.70. The van der Waals surface area contributed by atoms with E-state index in [2.05, 4.69) is 42.9 Å². The number of aromatic nitrogens is 2. The summed E-state index contributed by atoms with van der Waals surface area (Å²) in [6.07, 6.45) is 6.17. The fraction of sp³-hybridized carbons (Fsp3) is 0.765. The second-order valence-corrected chi connectivity index (χ2v) is 6.53. The Labute approximate surface area is 129 Å². The van der Waals surface area contributed by atoms with Gasteiger partial charge >= 0.3 is 0 Å². The fourth-order valence-corrected chi connectivity index (χ4v) is 3.25. The number of anilines is 2. The first-order chi connectivity index (χ1) is 10.1. The smallest absolute Gasteiger partial charge is 0.137 e. The Hall–Kier alpha value is -1.32. The van der Waals surface area contributed by atoms with Crippen molar-refractivity contribution in [1.29, 1.82) is 0 Å². The maximum absolute atomic E-state index is 4.87. The lowest BCUT2D eigenvalue weighted by molar-refractivity contribution is 0.529. The van der Waals surface area contributed by atoms with Crippen LogP contribution in [-0.2, 0) is 6.42 Å². The van der Waals surface area contributed by atoms with Crippen molar-refractivity contribution in [2.75, 3.05) is 23.8 Å². The fourth-order valence-electron chi connectivity index (χ4n) is 3.25. The molecule has 1 N–H and O–H groups in total. The maximum atomic E-state index is 4.87. The molecule has 1 aromatic rings. The van der Waals surface area contributed by atoms with Crippen LogP contribution in [-0.4, -0.2) is 29.6 Å². The zero-order valence-electron chi connectivity index (χ0n) is 14.2. The van der Waals surface area contributed by atoms with Crippen LogP contribution in [0, 0.1) is 12.8 Å². The molecule has 4 nitrogen and oxygen atoms in total. The molecule has 1 fully saturated rings. The topological polar surface area (TPSA) is 41.1 Å². The van der Waals surface area contributed by atoms with Crippen molar-refractivity contribution in [3.63, 3.8) is 0 Å². The van der Waals surface area contributed by atoms with E-state index >= 15 is 0 Å². The van der Waals surface area contributed by atoms with Crippen LogP contribution in [0.3, 0.4) is 0 Å². The second kappa shape index (κ2) is 7.10. The lowest BCUT2D eigenvalue weighted by Crippen LogP contribution is -2.37. The van der Waals surface area contributed by atoms with E-state index in [9.17, 15) is 0 Å². The summed E-state index contributed by atoms with van der Waals surface area (Å²) in [5, 5.41) is 3.23. The first-order valence-corrected chi connectivity index (χ1v) is 8.38. The Kier molecular flexibility index (Phi) is 5.43. The predicted molar refractivity (Wildman–Crippen MR) is 90.1 cm³/mol. The van der Waals surface area contributed by atoms with Crippen LogP contribution in [0.1, 0.15) is 57.8 Å². The molecule has 0 unspecified atom stereocenters. The number of rotatable bonds is 6. The summed E-state index contributed by atoms with van der Waals surface area (Å²) in [7, 11) is 1.95. The Bertz CT molecular complexity index is 464. The van der Waals surface area contributed by atoms with Crippen molar-refractivity contribution >= 4 is 11.6 Å². The van der Waals surface area contributed by atoms with Gasteiger partial charge in [-0.25, -0.2) is 9.97 Å². The highest BCUT2D eigenvalue weighted by Gasteiger charge is 2.26. The van der Waals surface area contributed by atoms with Gasteiger partial charge in [-0.2, -0.15) is 0 Å². The van der Waals surface area contributed by atoms with Crippen LogP contribution < -0.4 is 10.2 Å². The minimum absolute atomic E-state index is 0.642. The molecular formula is C17H30N4. The first kappa shape index (κ1) is 16.1. The van der Waals surface area contributed by atoms with Gasteiger partial charge in [0.05, 0.1) is 0 Å². The highest BCUT2D eigenvalue weighted by Crippen LogP contribution is 2.32. The van der Waals surface area contributed by atoms with Gasteiger partial charge in [-0.15, -0.1) is 0 Å². The summed E-state index contributed by atoms with van der Waals surface area (Å²) >= 11 is 0. The Morgan fingerprint density at radius 1 is 1.24 bits per heavy atom. The van der Waals surface area contributed by atoms with Crippen molar-refractivity contribution in [3.8, 4) is 0 Å². The molecule has 4 heteroatoms. The Morgan fingerprint density at radius 3 is 2.43 bits per heavy atom. The van der Waals surface area contributed by atoms with E-state index in [1.165, 1.54) is 31.2 Å². The Balaban J connectivity index is 2.42. The highest BCUT2D eigenvalue weighted by molar-refractivity contribution is 5.59. The molecule has 1 aliphatic rings. The monoisotopic (exact) mass is 290 g/mol. The number of aryl methyl sites for hydroxylation is 1. The van der Waals surface area contributed by atoms with Crippen LogP contribution in [0.15, 0.2) is 0 Å². The number of nitrogens with one attached hydrogen (secondary N) is 1. The van der Waals surface area contributed by atoms with E-state index in [0.717, 1.165) is 30.4 Å². The largest absolute Gasteiger partial charge is 0.373 e. The average molecular weight is 290 g/mol. The summed E-state index contributed by atoms with van der Waals surface area (Å²) < 4.78 is 0. The van der Waals surface area contributed by atoms with Crippen LogP contribution in [0.25, 0.3) is 0 Å². The number of hydrogen-bond donors (Lipinski definition) is 1. The molecule has 118 valence electrons. The SMILES string of the molecule is CCc1nc(NC)c(C)c(N(CC(C)C)C2CCCC2)n1. The molecule has 0 bridgehead atoms. The zero-order valence-corrected chi connectivity index (χ0v) is 14.2. The van der Waals surface area contributed by atoms with Gasteiger partial charge in [0.2, 0.25) is 0 Å². The first-order valence-electron chi connectivity index (χ1n) is 8.38. The van der Waals surface area contributed by atoms with Gasteiger partial charge < -0.3 is 10.2 Å². The second-order valence-electron chi connectivity index (χ2n) is 6.53. The van der Waals surface area contributed by atoms with E-state index in [0.29, 0.717) is 12.0 Å². The maximum Gasteiger partial charge on any atom is 0.137 e. The third kappa shape index (κ3) is 3.66. The number of nitrogens with zero attached hydrogens (tertiary/aromatic N) is 3. The minimum atomic E-state index is 0.642. The van der Waals surface area contributed by atoms with Gasteiger partial charge in [0.25, 0.3) is 0 Å². The standard InChI is InChI=1S/C17H30N4/c1-6-15-19-16(18-5)13(4)17(20-15)21(11-12(2)3)14-9-7-8-10-14/h12,14H,6-11H2,1-5H3,(H,18,19,20). The van der Waals surface area contributed by atoms with Gasteiger partial charge in [-0.05, 0) is 25.7 Å². The van der Waals surface area contributed by atoms with E-state index in [4.69, 9.17) is 4.98 Å². The summed E-state index contributed by atoms with van der Waals surface area (Å²) in [6, 6.07) is 0.649.